The van der Waals surface area contributed by atoms with E-state index < -0.39 is 5.97 Å². The molecule has 1 N–H and O–H groups in total. The highest BCUT2D eigenvalue weighted by atomic mass is 16.4. The first-order valence-corrected chi connectivity index (χ1v) is 9.05. The fourth-order valence-electron chi connectivity index (χ4n) is 3.59. The highest BCUT2D eigenvalue weighted by Gasteiger charge is 2.29. The van der Waals surface area contributed by atoms with Crippen LogP contribution in [0.5, 0.6) is 0 Å². The zero-order valence-electron chi connectivity index (χ0n) is 15.6. The van der Waals surface area contributed by atoms with Crippen molar-refractivity contribution < 1.29 is 14.7 Å². The second-order valence-corrected chi connectivity index (χ2v) is 7.70. The van der Waals surface area contributed by atoms with E-state index in [9.17, 15) is 9.59 Å². The topological polar surface area (TPSA) is 60.9 Å². The van der Waals surface area contributed by atoms with E-state index >= 15 is 0 Å². The van der Waals surface area contributed by atoms with Gasteiger partial charge in [0, 0.05) is 25.6 Å². The molecule has 5 heteroatoms. The van der Waals surface area contributed by atoms with Crippen molar-refractivity contribution in [2.24, 2.45) is 0 Å². The van der Waals surface area contributed by atoms with Gasteiger partial charge in [0.2, 0.25) is 5.91 Å². The monoisotopic (exact) mass is 346 g/mol. The predicted octanol–water partition coefficient (Wildman–Crippen LogP) is 2.75. The van der Waals surface area contributed by atoms with Crippen LogP contribution in [0, 0.1) is 0 Å². The number of rotatable bonds is 6. The van der Waals surface area contributed by atoms with Crippen LogP contribution in [-0.4, -0.2) is 59.5 Å². The van der Waals surface area contributed by atoms with E-state index in [0.717, 1.165) is 25.8 Å². The lowest BCUT2D eigenvalue weighted by atomic mass is 9.81. The summed E-state index contributed by atoms with van der Waals surface area (Å²) in [4.78, 5) is 27.6. The van der Waals surface area contributed by atoms with Crippen LogP contribution in [0.3, 0.4) is 0 Å². The Labute approximate surface area is 150 Å². The minimum Gasteiger partial charge on any atom is -0.480 e. The summed E-state index contributed by atoms with van der Waals surface area (Å²) in [5.74, 6) is -0.611. The molecular weight excluding hydrogens is 316 g/mol. The maximum atomic E-state index is 12.8. The Bertz CT molecular complexity index is 586. The summed E-state index contributed by atoms with van der Waals surface area (Å²) in [7, 11) is 1.86. The fourth-order valence-corrected chi connectivity index (χ4v) is 3.59. The van der Waals surface area contributed by atoms with Gasteiger partial charge < -0.3 is 10.0 Å². The number of carboxylic acids is 1. The van der Waals surface area contributed by atoms with Gasteiger partial charge in [-0.15, -0.1) is 0 Å². The van der Waals surface area contributed by atoms with Gasteiger partial charge in [0.25, 0.3) is 0 Å². The van der Waals surface area contributed by atoms with Gasteiger partial charge >= 0.3 is 5.97 Å². The maximum absolute atomic E-state index is 12.8. The van der Waals surface area contributed by atoms with Crippen LogP contribution in [0.1, 0.15) is 45.1 Å². The van der Waals surface area contributed by atoms with Crippen molar-refractivity contribution in [3.63, 3.8) is 0 Å². The summed E-state index contributed by atoms with van der Waals surface area (Å²) >= 11 is 0. The Morgan fingerprint density at radius 1 is 1.20 bits per heavy atom. The number of benzene rings is 1. The molecule has 1 aromatic rings. The molecule has 1 heterocycles. The number of hydrogen-bond acceptors (Lipinski definition) is 3. The average molecular weight is 346 g/mol. The van der Waals surface area contributed by atoms with Crippen LogP contribution < -0.4 is 0 Å². The molecule has 1 amide bonds. The van der Waals surface area contributed by atoms with Crippen LogP contribution in [0.4, 0.5) is 0 Å². The van der Waals surface area contributed by atoms with E-state index in [4.69, 9.17) is 5.11 Å². The molecule has 0 spiro atoms. The Balaban J connectivity index is 1.93. The molecule has 5 nitrogen and oxygen atoms in total. The number of likely N-dealkylation sites (tertiary alicyclic amines) is 1. The third-order valence-corrected chi connectivity index (χ3v) is 5.21. The quantitative estimate of drug-likeness (QED) is 0.860. The third-order valence-electron chi connectivity index (χ3n) is 5.21. The van der Waals surface area contributed by atoms with Crippen molar-refractivity contribution in [1.29, 1.82) is 0 Å². The van der Waals surface area contributed by atoms with Gasteiger partial charge in [0.1, 0.15) is 0 Å². The van der Waals surface area contributed by atoms with Gasteiger partial charge in [-0.1, -0.05) is 44.2 Å². The lowest BCUT2D eigenvalue weighted by Gasteiger charge is -2.29. The standard InChI is InChI=1S/C20H30N2O3/c1-20(2,16-8-5-4-6-9-16)14-18(23)22-12-7-10-17(11-13-22)21(3)15-19(24)25/h4-6,8-9,17H,7,10-15H2,1-3H3,(H,24,25). The number of carbonyl (C=O) groups is 2. The summed E-state index contributed by atoms with van der Waals surface area (Å²) in [5, 5.41) is 8.95. The second kappa shape index (κ2) is 8.48. The molecule has 1 saturated heterocycles. The Kier molecular flexibility index (Phi) is 6.59. The van der Waals surface area contributed by atoms with E-state index in [1.54, 1.807) is 0 Å². The van der Waals surface area contributed by atoms with Gasteiger partial charge in [0.05, 0.1) is 6.54 Å². The number of amides is 1. The molecule has 1 aromatic carbocycles. The summed E-state index contributed by atoms with van der Waals surface area (Å²) in [6, 6.07) is 10.4. The molecule has 0 aliphatic carbocycles. The van der Waals surface area contributed by atoms with Crippen LogP contribution in [-0.2, 0) is 15.0 Å². The number of likely N-dealkylation sites (N-methyl/N-ethyl adjacent to an activating group) is 1. The Morgan fingerprint density at radius 2 is 1.88 bits per heavy atom. The molecule has 1 fully saturated rings. The molecule has 138 valence electrons. The molecule has 1 aliphatic rings. The lowest BCUT2D eigenvalue weighted by molar-refractivity contribution is -0.138. The van der Waals surface area contributed by atoms with Crippen molar-refractivity contribution >= 4 is 11.9 Å². The highest BCUT2D eigenvalue weighted by molar-refractivity contribution is 5.77. The Hall–Kier alpha value is -1.88. The molecule has 1 unspecified atom stereocenters. The molecule has 1 atom stereocenters. The number of nitrogens with zero attached hydrogens (tertiary/aromatic N) is 2. The molecule has 0 saturated carbocycles. The number of carboxylic acid groups (broad SMARTS) is 1. The van der Waals surface area contributed by atoms with Gasteiger partial charge in [0.15, 0.2) is 0 Å². The van der Waals surface area contributed by atoms with Gasteiger partial charge in [-0.2, -0.15) is 0 Å². The lowest BCUT2D eigenvalue weighted by Crippen LogP contribution is -2.38. The van der Waals surface area contributed by atoms with Crippen molar-refractivity contribution in [3.05, 3.63) is 35.9 Å². The van der Waals surface area contributed by atoms with Crippen molar-refractivity contribution in [2.45, 2.75) is 51.0 Å². The smallest absolute Gasteiger partial charge is 0.317 e. The van der Waals surface area contributed by atoms with Gasteiger partial charge in [-0.05, 0) is 37.3 Å². The second-order valence-electron chi connectivity index (χ2n) is 7.70. The van der Waals surface area contributed by atoms with E-state index in [2.05, 4.69) is 26.0 Å². The Morgan fingerprint density at radius 3 is 2.52 bits per heavy atom. The van der Waals surface area contributed by atoms with Crippen LogP contribution >= 0.6 is 0 Å². The minimum absolute atomic E-state index is 0.0552. The zero-order valence-corrected chi connectivity index (χ0v) is 15.6. The first-order valence-electron chi connectivity index (χ1n) is 9.05. The molecule has 25 heavy (non-hydrogen) atoms. The summed E-state index contributed by atoms with van der Waals surface area (Å²) in [6.45, 7) is 5.75. The van der Waals surface area contributed by atoms with Gasteiger partial charge in [-0.25, -0.2) is 0 Å². The number of carbonyl (C=O) groups excluding carboxylic acids is 1. The molecule has 1 aliphatic heterocycles. The maximum Gasteiger partial charge on any atom is 0.317 e. The minimum atomic E-state index is -0.802. The zero-order chi connectivity index (χ0) is 18.4. The molecule has 0 bridgehead atoms. The van der Waals surface area contributed by atoms with Crippen LogP contribution in [0.2, 0.25) is 0 Å². The number of hydrogen-bond donors (Lipinski definition) is 1. The predicted molar refractivity (Wildman–Crippen MR) is 98.6 cm³/mol. The summed E-state index contributed by atoms with van der Waals surface area (Å²) in [5.41, 5.74) is 0.988. The largest absolute Gasteiger partial charge is 0.480 e. The van der Waals surface area contributed by atoms with Crippen LogP contribution in [0.25, 0.3) is 0 Å². The highest BCUT2D eigenvalue weighted by Crippen LogP contribution is 2.28. The first kappa shape index (κ1) is 19.4. The van der Waals surface area contributed by atoms with Crippen molar-refractivity contribution in [1.82, 2.24) is 9.80 Å². The SMILES string of the molecule is CN(CC(=O)O)C1CCCN(C(=O)CC(C)(C)c2ccccc2)CC1. The normalized spacial score (nSPS) is 18.9. The molecule has 2 rings (SSSR count). The summed E-state index contributed by atoms with van der Waals surface area (Å²) in [6.07, 6.45) is 3.19. The van der Waals surface area contributed by atoms with E-state index in [0.29, 0.717) is 13.0 Å². The number of aliphatic carboxylic acids is 1. The fraction of sp³-hybridized carbons (Fsp3) is 0.600. The average Bonchev–Trinajstić information content (AvgIpc) is 2.81. The van der Waals surface area contributed by atoms with E-state index in [1.807, 2.05) is 35.0 Å². The molecule has 0 radical (unpaired) electrons. The van der Waals surface area contributed by atoms with E-state index in [1.165, 1.54) is 5.56 Å². The summed E-state index contributed by atoms with van der Waals surface area (Å²) < 4.78 is 0. The van der Waals surface area contributed by atoms with E-state index in [-0.39, 0.29) is 23.9 Å². The first-order chi connectivity index (χ1) is 11.8. The van der Waals surface area contributed by atoms with Crippen molar-refractivity contribution in [2.75, 3.05) is 26.7 Å². The van der Waals surface area contributed by atoms with Gasteiger partial charge in [-0.3, -0.25) is 14.5 Å². The van der Waals surface area contributed by atoms with Crippen LogP contribution in [0.15, 0.2) is 30.3 Å². The molecule has 0 aromatic heterocycles. The third kappa shape index (κ3) is 5.56. The molecular formula is C20H30N2O3. The van der Waals surface area contributed by atoms with Crippen molar-refractivity contribution in [3.8, 4) is 0 Å².